The average Bonchev–Trinajstić information content (AvgIpc) is 3.53. The number of benzene rings is 2. The number of piperazine rings is 1. The molecule has 4 aromatic rings. The van der Waals surface area contributed by atoms with Gasteiger partial charge in [0.2, 0.25) is 11.8 Å². The van der Waals surface area contributed by atoms with Crippen LogP contribution in [0.25, 0.3) is 10.9 Å². The van der Waals surface area contributed by atoms with Crippen LogP contribution in [0.1, 0.15) is 13.0 Å². The minimum Gasteiger partial charge on any atom is -0.334 e. The minimum absolute atomic E-state index is 0.0640. The maximum Gasteiger partial charge on any atom is 0.263 e. The Labute approximate surface area is 217 Å². The van der Waals surface area contributed by atoms with Crippen LogP contribution in [0.15, 0.2) is 71.2 Å². The fourth-order valence-corrected chi connectivity index (χ4v) is 6.34. The van der Waals surface area contributed by atoms with E-state index in [2.05, 4.69) is 9.71 Å². The number of hydrogen-bond donors (Lipinski definition) is 1. The van der Waals surface area contributed by atoms with E-state index >= 15 is 0 Å². The summed E-state index contributed by atoms with van der Waals surface area (Å²) in [5.41, 5.74) is 1.35. The van der Waals surface area contributed by atoms with Gasteiger partial charge in [-0.05, 0) is 43.3 Å². The van der Waals surface area contributed by atoms with Crippen molar-refractivity contribution in [3.8, 4) is 0 Å². The van der Waals surface area contributed by atoms with Crippen molar-refractivity contribution in [1.29, 1.82) is 0 Å². The van der Waals surface area contributed by atoms with Gasteiger partial charge in [0.25, 0.3) is 10.0 Å². The average molecular weight is 544 g/mol. The molecule has 9 nitrogen and oxygen atoms in total. The van der Waals surface area contributed by atoms with E-state index in [1.54, 1.807) is 40.3 Å². The highest BCUT2D eigenvalue weighted by atomic mass is 35.5. The number of amides is 2. The van der Waals surface area contributed by atoms with Gasteiger partial charge in [0.15, 0.2) is 5.13 Å². The summed E-state index contributed by atoms with van der Waals surface area (Å²) in [6, 6.07) is 13.0. The predicted octanol–water partition coefficient (Wildman–Crippen LogP) is 3.99. The molecule has 1 unspecified atom stereocenters. The summed E-state index contributed by atoms with van der Waals surface area (Å²) in [5.74, 6) is -0.413. The molecule has 0 saturated carbocycles. The summed E-state index contributed by atoms with van der Waals surface area (Å²) in [6.07, 6.45) is 3.34. The van der Waals surface area contributed by atoms with Gasteiger partial charge in [0.1, 0.15) is 12.6 Å². The Hall–Kier alpha value is -3.41. The quantitative estimate of drug-likeness (QED) is 0.396. The van der Waals surface area contributed by atoms with E-state index in [4.69, 9.17) is 11.6 Å². The van der Waals surface area contributed by atoms with Crippen LogP contribution in [0.2, 0.25) is 5.02 Å². The molecule has 36 heavy (non-hydrogen) atoms. The standard InChI is InChI=1S/C24H22ClN5O4S2/c1-16(29-11-9-17-3-2-4-20(25)22(17)29)23(32)28-12-13-30(21(31)15-28)18-5-7-19(8-6-18)36(33,34)27-24-26-10-14-35-24/h2-11,14,16H,12-13,15H2,1H3,(H,26,27). The topological polar surface area (TPSA) is 105 Å². The van der Waals surface area contributed by atoms with Crippen LogP contribution in [0.4, 0.5) is 10.8 Å². The Morgan fingerprint density at radius 1 is 1.14 bits per heavy atom. The normalized spacial score (nSPS) is 15.3. The van der Waals surface area contributed by atoms with Crippen LogP contribution in [0, 0.1) is 0 Å². The summed E-state index contributed by atoms with van der Waals surface area (Å²) in [6.45, 7) is 2.38. The summed E-state index contributed by atoms with van der Waals surface area (Å²) in [7, 11) is -3.78. The second-order valence-electron chi connectivity index (χ2n) is 8.32. The first-order chi connectivity index (χ1) is 17.2. The third-order valence-electron chi connectivity index (χ3n) is 6.11. The maximum atomic E-state index is 13.2. The second-order valence-corrected chi connectivity index (χ2v) is 11.3. The molecule has 1 atom stereocenters. The molecule has 0 radical (unpaired) electrons. The van der Waals surface area contributed by atoms with E-state index in [1.807, 2.05) is 29.0 Å². The zero-order chi connectivity index (χ0) is 25.4. The molecule has 186 valence electrons. The van der Waals surface area contributed by atoms with Crippen molar-refractivity contribution in [2.45, 2.75) is 17.9 Å². The van der Waals surface area contributed by atoms with E-state index in [0.717, 1.165) is 10.9 Å². The van der Waals surface area contributed by atoms with E-state index in [0.29, 0.717) is 23.8 Å². The van der Waals surface area contributed by atoms with Gasteiger partial charge in [-0.2, -0.15) is 0 Å². The number of halogens is 1. The molecule has 0 spiro atoms. The Morgan fingerprint density at radius 2 is 1.92 bits per heavy atom. The highest BCUT2D eigenvalue weighted by molar-refractivity contribution is 7.93. The number of anilines is 2. The summed E-state index contributed by atoms with van der Waals surface area (Å²) >= 11 is 7.55. The first kappa shape index (κ1) is 24.3. The Bertz CT molecular complexity index is 1530. The Balaban J connectivity index is 1.27. The number of aromatic nitrogens is 2. The molecule has 3 heterocycles. The number of carbonyl (C=O) groups is 2. The zero-order valence-electron chi connectivity index (χ0n) is 19.2. The number of fused-ring (bicyclic) bond motifs is 1. The molecule has 2 amide bonds. The number of para-hydroxylation sites is 1. The van der Waals surface area contributed by atoms with Gasteiger partial charge in [0.05, 0.1) is 15.4 Å². The van der Waals surface area contributed by atoms with Crippen molar-refractivity contribution in [3.05, 3.63) is 71.3 Å². The molecule has 1 aliphatic rings. The molecule has 2 aromatic heterocycles. The number of nitrogens with zero attached hydrogens (tertiary/aromatic N) is 4. The number of hydrogen-bond acceptors (Lipinski definition) is 6. The first-order valence-electron chi connectivity index (χ1n) is 11.1. The lowest BCUT2D eigenvalue weighted by atomic mass is 10.2. The molecule has 0 bridgehead atoms. The highest BCUT2D eigenvalue weighted by Gasteiger charge is 2.31. The molecule has 12 heteroatoms. The van der Waals surface area contributed by atoms with Crippen LogP contribution < -0.4 is 9.62 Å². The van der Waals surface area contributed by atoms with Gasteiger partial charge in [-0.1, -0.05) is 23.7 Å². The smallest absolute Gasteiger partial charge is 0.263 e. The number of rotatable bonds is 6. The third-order valence-corrected chi connectivity index (χ3v) is 8.59. The van der Waals surface area contributed by atoms with E-state index in [-0.39, 0.29) is 28.4 Å². The van der Waals surface area contributed by atoms with Gasteiger partial charge < -0.3 is 14.4 Å². The van der Waals surface area contributed by atoms with Gasteiger partial charge >= 0.3 is 0 Å². The fourth-order valence-electron chi connectivity index (χ4n) is 4.27. The summed E-state index contributed by atoms with van der Waals surface area (Å²) < 4.78 is 29.4. The van der Waals surface area contributed by atoms with Gasteiger partial charge in [-0.3, -0.25) is 14.3 Å². The molecule has 1 N–H and O–H groups in total. The number of nitrogens with one attached hydrogen (secondary N) is 1. The van der Waals surface area contributed by atoms with Crippen LogP contribution in [0.3, 0.4) is 0 Å². The van der Waals surface area contributed by atoms with E-state index < -0.39 is 16.1 Å². The predicted molar refractivity (Wildman–Crippen MR) is 140 cm³/mol. The molecular formula is C24H22ClN5O4S2. The summed E-state index contributed by atoms with van der Waals surface area (Å²) in [5, 5.41) is 3.45. The SMILES string of the molecule is CC(C(=O)N1CCN(c2ccc(S(=O)(=O)Nc3nccs3)cc2)C(=O)C1)n1ccc2cccc(Cl)c21. The lowest BCUT2D eigenvalue weighted by Crippen LogP contribution is -2.53. The Kier molecular flexibility index (Phi) is 6.45. The molecule has 2 aromatic carbocycles. The molecule has 1 aliphatic heterocycles. The monoisotopic (exact) mass is 543 g/mol. The molecule has 1 saturated heterocycles. The van der Waals surface area contributed by atoms with Gasteiger partial charge in [-0.15, -0.1) is 11.3 Å². The van der Waals surface area contributed by atoms with Crippen LogP contribution in [-0.2, 0) is 19.6 Å². The highest BCUT2D eigenvalue weighted by Crippen LogP contribution is 2.29. The van der Waals surface area contributed by atoms with Gasteiger partial charge in [0, 0.05) is 41.9 Å². The molecule has 1 fully saturated rings. The Morgan fingerprint density at radius 3 is 2.61 bits per heavy atom. The number of sulfonamides is 1. The van der Waals surface area contributed by atoms with E-state index in [1.165, 1.54) is 29.7 Å². The number of carbonyl (C=O) groups excluding carboxylic acids is 2. The van der Waals surface area contributed by atoms with E-state index in [9.17, 15) is 18.0 Å². The van der Waals surface area contributed by atoms with Crippen LogP contribution >= 0.6 is 22.9 Å². The largest absolute Gasteiger partial charge is 0.334 e. The van der Waals surface area contributed by atoms with Crippen molar-refractivity contribution in [2.75, 3.05) is 29.3 Å². The van der Waals surface area contributed by atoms with Crippen molar-refractivity contribution in [1.82, 2.24) is 14.5 Å². The fraction of sp³-hybridized carbons (Fsp3) is 0.208. The lowest BCUT2D eigenvalue weighted by molar-refractivity contribution is -0.139. The van der Waals surface area contributed by atoms with Crippen LogP contribution in [0.5, 0.6) is 0 Å². The number of thiazole rings is 1. The molecular weight excluding hydrogens is 522 g/mol. The van der Waals surface area contributed by atoms with Gasteiger partial charge in [-0.25, -0.2) is 13.4 Å². The van der Waals surface area contributed by atoms with Crippen molar-refractivity contribution < 1.29 is 18.0 Å². The van der Waals surface area contributed by atoms with Crippen molar-refractivity contribution >= 4 is 66.5 Å². The zero-order valence-corrected chi connectivity index (χ0v) is 21.6. The molecule has 5 rings (SSSR count). The second kappa shape index (κ2) is 9.57. The first-order valence-corrected chi connectivity index (χ1v) is 13.9. The van der Waals surface area contributed by atoms with Crippen molar-refractivity contribution in [3.63, 3.8) is 0 Å². The summed E-state index contributed by atoms with van der Waals surface area (Å²) in [4.78, 5) is 33.3. The maximum absolute atomic E-state index is 13.2. The third kappa shape index (κ3) is 4.57. The van der Waals surface area contributed by atoms with Crippen molar-refractivity contribution in [2.24, 2.45) is 0 Å². The molecule has 0 aliphatic carbocycles. The lowest BCUT2D eigenvalue weighted by Gasteiger charge is -2.35. The van der Waals surface area contributed by atoms with Crippen LogP contribution in [-0.4, -0.2) is 54.3 Å². The minimum atomic E-state index is -3.78.